The van der Waals surface area contributed by atoms with Crippen LogP contribution in [0, 0.1) is 11.8 Å². The first-order valence-corrected chi connectivity index (χ1v) is 10.7. The quantitative estimate of drug-likeness (QED) is 0.574. The van der Waals surface area contributed by atoms with E-state index in [1.165, 1.54) is 11.1 Å². The number of hydrogen-bond donors (Lipinski definition) is 2. The van der Waals surface area contributed by atoms with Crippen molar-refractivity contribution in [3.05, 3.63) is 89.7 Å². The van der Waals surface area contributed by atoms with Gasteiger partial charge in [-0.3, -0.25) is 4.79 Å². The van der Waals surface area contributed by atoms with E-state index < -0.39 is 5.97 Å². The lowest BCUT2D eigenvalue weighted by Gasteiger charge is -2.23. The van der Waals surface area contributed by atoms with E-state index >= 15 is 0 Å². The maximum atomic E-state index is 11.4. The summed E-state index contributed by atoms with van der Waals surface area (Å²) in [5, 5.41) is 12.7. The van der Waals surface area contributed by atoms with Gasteiger partial charge in [0, 0.05) is 18.7 Å². The summed E-state index contributed by atoms with van der Waals surface area (Å²) in [7, 11) is 0. The molecule has 1 aromatic carbocycles. The molecule has 2 atom stereocenters. The number of nitrogens with one attached hydrogen (secondary N) is 1. The number of hydrogen-bond acceptors (Lipinski definition) is 3. The van der Waals surface area contributed by atoms with Crippen molar-refractivity contribution in [3.63, 3.8) is 0 Å². The van der Waals surface area contributed by atoms with E-state index in [0.29, 0.717) is 5.92 Å². The Morgan fingerprint density at radius 1 is 1.10 bits per heavy atom. The Kier molecular flexibility index (Phi) is 6.43. The van der Waals surface area contributed by atoms with Crippen molar-refractivity contribution >= 4 is 17.4 Å². The molecule has 2 unspecified atom stereocenters. The highest BCUT2D eigenvalue weighted by Crippen LogP contribution is 2.37. The molecule has 2 aliphatic rings. The van der Waals surface area contributed by atoms with E-state index in [0.717, 1.165) is 49.2 Å². The summed E-state index contributed by atoms with van der Waals surface area (Å²) in [6.45, 7) is 0.925. The number of carbonyl (C=O) groups is 1. The van der Waals surface area contributed by atoms with Gasteiger partial charge in [0.2, 0.25) is 0 Å². The molecule has 2 aliphatic carbocycles. The second-order valence-electron chi connectivity index (χ2n) is 8.06. The number of fused-ring (bicyclic) bond motifs is 2. The van der Waals surface area contributed by atoms with Crippen molar-refractivity contribution in [2.75, 3.05) is 11.9 Å². The van der Waals surface area contributed by atoms with Gasteiger partial charge in [-0.25, -0.2) is 4.98 Å². The zero-order chi connectivity index (χ0) is 20.8. The predicted octanol–water partition coefficient (Wildman–Crippen LogP) is 5.51. The van der Waals surface area contributed by atoms with Gasteiger partial charge in [0.25, 0.3) is 0 Å². The fraction of sp³-hybridized carbons (Fsp3) is 0.308. The van der Waals surface area contributed by atoms with Crippen LogP contribution in [0.25, 0.3) is 5.57 Å². The summed E-state index contributed by atoms with van der Waals surface area (Å²) in [5.74, 6) is 0.813. The molecular formula is C26H28N2O2. The first-order valence-electron chi connectivity index (χ1n) is 10.7. The standard InChI is InChI=1S/C26H28N2O2/c29-26(30)18-23-16-20-12-11-19(7-3-5-13-27-25-10-4-6-14-28-25)15-22(20)17-21-8-1-2-9-24(21)23/h1-2,4,6,8-12,14-16,20,22H,3,5,7,13,17-18H2,(H,27,28)(H,29,30). The van der Waals surface area contributed by atoms with Crippen LogP contribution in [0.5, 0.6) is 0 Å². The number of nitrogens with zero attached hydrogens (tertiary/aromatic N) is 1. The van der Waals surface area contributed by atoms with Crippen LogP contribution in [-0.4, -0.2) is 22.6 Å². The van der Waals surface area contributed by atoms with E-state index in [9.17, 15) is 9.90 Å². The van der Waals surface area contributed by atoms with Gasteiger partial charge < -0.3 is 10.4 Å². The summed E-state index contributed by atoms with van der Waals surface area (Å²) >= 11 is 0. The molecule has 154 valence electrons. The molecule has 1 heterocycles. The third kappa shape index (κ3) is 5.07. The molecule has 0 bridgehead atoms. The van der Waals surface area contributed by atoms with E-state index in [1.54, 1.807) is 6.20 Å². The molecule has 4 nitrogen and oxygen atoms in total. The molecule has 2 aromatic rings. The fourth-order valence-electron chi connectivity index (χ4n) is 4.40. The number of aromatic nitrogens is 1. The molecule has 0 amide bonds. The maximum Gasteiger partial charge on any atom is 0.307 e. The number of pyridine rings is 1. The summed E-state index contributed by atoms with van der Waals surface area (Å²) < 4.78 is 0. The molecule has 0 fully saturated rings. The summed E-state index contributed by atoms with van der Waals surface area (Å²) in [5.41, 5.74) is 4.68. The van der Waals surface area contributed by atoms with Gasteiger partial charge >= 0.3 is 5.97 Å². The number of rotatable bonds is 8. The number of carboxylic acid groups (broad SMARTS) is 1. The Hall–Kier alpha value is -3.14. The number of unbranched alkanes of at least 4 members (excludes halogenated alkanes) is 1. The SMILES string of the molecule is O=C(O)CC1=CC2C=CC(CCCCNc3ccccn3)=CC2Cc2ccccc21. The summed E-state index contributed by atoms with van der Waals surface area (Å²) in [6.07, 6.45) is 15.2. The smallest absolute Gasteiger partial charge is 0.307 e. The highest BCUT2D eigenvalue weighted by molar-refractivity contribution is 5.85. The van der Waals surface area contributed by atoms with Crippen molar-refractivity contribution in [2.24, 2.45) is 11.8 Å². The van der Waals surface area contributed by atoms with Crippen LogP contribution >= 0.6 is 0 Å². The lowest BCUT2D eigenvalue weighted by atomic mass is 9.82. The van der Waals surface area contributed by atoms with Crippen molar-refractivity contribution in [3.8, 4) is 0 Å². The van der Waals surface area contributed by atoms with Gasteiger partial charge in [0.05, 0.1) is 6.42 Å². The van der Waals surface area contributed by atoms with E-state index in [-0.39, 0.29) is 12.3 Å². The molecule has 0 spiro atoms. The third-order valence-electron chi connectivity index (χ3n) is 5.87. The second-order valence-corrected chi connectivity index (χ2v) is 8.06. The average molecular weight is 401 g/mol. The van der Waals surface area contributed by atoms with Crippen molar-refractivity contribution in [1.82, 2.24) is 4.98 Å². The second kappa shape index (κ2) is 9.57. The fourth-order valence-corrected chi connectivity index (χ4v) is 4.40. The Balaban J connectivity index is 1.38. The molecular weight excluding hydrogens is 372 g/mol. The topological polar surface area (TPSA) is 62.2 Å². The molecule has 4 heteroatoms. The number of aliphatic carboxylic acids is 1. The van der Waals surface area contributed by atoms with Crippen molar-refractivity contribution < 1.29 is 9.90 Å². The molecule has 0 saturated carbocycles. The normalized spacial score (nSPS) is 19.7. The molecule has 1 aromatic heterocycles. The minimum absolute atomic E-state index is 0.0773. The van der Waals surface area contributed by atoms with Crippen LogP contribution in [0.4, 0.5) is 5.82 Å². The minimum Gasteiger partial charge on any atom is -0.481 e. The van der Waals surface area contributed by atoms with Gasteiger partial charge in [-0.1, -0.05) is 60.2 Å². The molecule has 0 saturated heterocycles. The van der Waals surface area contributed by atoms with Crippen LogP contribution < -0.4 is 5.32 Å². The average Bonchev–Trinajstić information content (AvgIpc) is 2.90. The lowest BCUT2D eigenvalue weighted by Crippen LogP contribution is -2.14. The van der Waals surface area contributed by atoms with Gasteiger partial charge in [-0.15, -0.1) is 0 Å². The molecule has 0 radical (unpaired) electrons. The van der Waals surface area contributed by atoms with E-state index in [1.807, 2.05) is 24.3 Å². The Bertz CT molecular complexity index is 976. The lowest BCUT2D eigenvalue weighted by molar-refractivity contribution is -0.135. The number of carboxylic acids is 1. The van der Waals surface area contributed by atoms with Crippen LogP contribution in [-0.2, 0) is 11.2 Å². The van der Waals surface area contributed by atoms with Crippen LogP contribution in [0.15, 0.2) is 78.5 Å². The van der Waals surface area contributed by atoms with Gasteiger partial charge in [-0.2, -0.15) is 0 Å². The van der Waals surface area contributed by atoms with Crippen LogP contribution in [0.1, 0.15) is 36.8 Å². The minimum atomic E-state index is -0.773. The first-order chi connectivity index (χ1) is 14.7. The highest BCUT2D eigenvalue weighted by Gasteiger charge is 2.26. The third-order valence-corrected chi connectivity index (χ3v) is 5.87. The molecule has 2 N–H and O–H groups in total. The Labute approximate surface area is 178 Å². The number of anilines is 1. The molecule has 0 aliphatic heterocycles. The van der Waals surface area contributed by atoms with Crippen molar-refractivity contribution in [2.45, 2.75) is 32.1 Å². The van der Waals surface area contributed by atoms with Crippen molar-refractivity contribution in [1.29, 1.82) is 0 Å². The van der Waals surface area contributed by atoms with Gasteiger partial charge in [0.15, 0.2) is 0 Å². The summed E-state index contributed by atoms with van der Waals surface area (Å²) in [4.78, 5) is 15.7. The highest BCUT2D eigenvalue weighted by atomic mass is 16.4. The molecule has 30 heavy (non-hydrogen) atoms. The monoisotopic (exact) mass is 400 g/mol. The largest absolute Gasteiger partial charge is 0.481 e. The Morgan fingerprint density at radius 2 is 1.97 bits per heavy atom. The zero-order valence-electron chi connectivity index (χ0n) is 17.1. The zero-order valence-corrected chi connectivity index (χ0v) is 17.1. The first kappa shape index (κ1) is 20.1. The summed E-state index contributed by atoms with van der Waals surface area (Å²) in [6, 6.07) is 14.2. The Morgan fingerprint density at radius 3 is 2.80 bits per heavy atom. The van der Waals surface area contributed by atoms with E-state index in [4.69, 9.17) is 0 Å². The number of allylic oxidation sites excluding steroid dienone is 5. The predicted molar refractivity (Wildman–Crippen MR) is 121 cm³/mol. The van der Waals surface area contributed by atoms with Gasteiger partial charge in [-0.05, 0) is 60.4 Å². The van der Waals surface area contributed by atoms with Crippen LogP contribution in [0.3, 0.4) is 0 Å². The van der Waals surface area contributed by atoms with Crippen LogP contribution in [0.2, 0.25) is 0 Å². The molecule has 4 rings (SSSR count). The maximum absolute atomic E-state index is 11.4. The van der Waals surface area contributed by atoms with Gasteiger partial charge in [0.1, 0.15) is 5.82 Å². The number of benzene rings is 1. The van der Waals surface area contributed by atoms with E-state index in [2.05, 4.69) is 52.8 Å².